The third kappa shape index (κ3) is 4.35. The molecule has 0 saturated carbocycles. The number of fused-ring (bicyclic) bond motifs is 3. The Morgan fingerprint density at radius 3 is 2.62 bits per heavy atom. The van der Waals surface area contributed by atoms with Crippen LogP contribution in [0.3, 0.4) is 0 Å². The molecule has 1 aromatic rings. The molecule has 0 aromatic carbocycles. The first-order chi connectivity index (χ1) is 17.4. The highest BCUT2D eigenvalue weighted by molar-refractivity contribution is 7.85. The molecule has 6 atom stereocenters. The zero-order valence-electron chi connectivity index (χ0n) is 18.3. The van der Waals surface area contributed by atoms with Gasteiger partial charge in [-0.25, -0.2) is 14.6 Å². The van der Waals surface area contributed by atoms with E-state index in [0.717, 1.165) is 11.3 Å². The first kappa shape index (κ1) is 25.9. The predicted molar refractivity (Wildman–Crippen MR) is 118 cm³/mol. The average molecular weight is 559 g/mol. The van der Waals surface area contributed by atoms with Crippen LogP contribution in [-0.2, 0) is 49.1 Å². The number of nitrogen functional groups attached to an aromatic ring is 1. The molecule has 4 heterocycles. The van der Waals surface area contributed by atoms with Crippen LogP contribution in [-0.4, -0.2) is 99.8 Å². The number of oxime groups is 1. The molecule has 19 heteroatoms. The molecule has 1 aromatic heterocycles. The highest BCUT2D eigenvalue weighted by atomic mass is 32.2. The van der Waals surface area contributed by atoms with Crippen molar-refractivity contribution >= 4 is 68.7 Å². The number of carbonyl (C=O) groups is 6. The van der Waals surface area contributed by atoms with Crippen LogP contribution in [0.2, 0.25) is 0 Å². The molecule has 37 heavy (non-hydrogen) atoms. The van der Waals surface area contributed by atoms with Gasteiger partial charge in [-0.2, -0.15) is 0 Å². The molecule has 3 fully saturated rings. The molecule has 3 aliphatic rings. The molecule has 3 aliphatic heterocycles. The van der Waals surface area contributed by atoms with Crippen LogP contribution in [0.5, 0.6) is 0 Å². The molecule has 0 radical (unpaired) electrons. The van der Waals surface area contributed by atoms with E-state index < -0.39 is 87.8 Å². The first-order valence-corrected chi connectivity index (χ1v) is 12.5. The Kier molecular flexibility index (Phi) is 6.59. The lowest BCUT2D eigenvalue weighted by molar-refractivity contribution is -0.216. The van der Waals surface area contributed by atoms with Crippen LogP contribution in [0.4, 0.5) is 5.13 Å². The molecule has 0 spiro atoms. The number of hydrogen-bond donors (Lipinski definition) is 5. The van der Waals surface area contributed by atoms with Gasteiger partial charge < -0.3 is 35.9 Å². The lowest BCUT2D eigenvalue weighted by atomic mass is 9.89. The Bertz CT molecular complexity index is 1280. The van der Waals surface area contributed by atoms with Gasteiger partial charge in [0.05, 0.1) is 18.8 Å². The lowest BCUT2D eigenvalue weighted by Crippen LogP contribution is -2.83. The summed E-state index contributed by atoms with van der Waals surface area (Å²) in [6, 6.07) is -1.53. The van der Waals surface area contributed by atoms with E-state index in [0.29, 0.717) is 4.90 Å². The van der Waals surface area contributed by atoms with Gasteiger partial charge in [0, 0.05) is 21.9 Å². The summed E-state index contributed by atoms with van der Waals surface area (Å²) in [5.41, 5.74) is 2.31. The number of aliphatic carboxylic acids is 3. The van der Waals surface area contributed by atoms with E-state index in [4.69, 9.17) is 25.5 Å². The summed E-state index contributed by atoms with van der Waals surface area (Å²) in [6.45, 7) is 0. The highest BCUT2D eigenvalue weighted by Gasteiger charge is 2.73. The van der Waals surface area contributed by atoms with E-state index in [-0.39, 0.29) is 23.0 Å². The van der Waals surface area contributed by atoms with Crippen LogP contribution in [0, 0.1) is 5.92 Å². The number of anilines is 1. The van der Waals surface area contributed by atoms with E-state index in [9.17, 15) is 38.1 Å². The minimum atomic E-state index is -2.36. The largest absolute Gasteiger partial charge is 0.481 e. The summed E-state index contributed by atoms with van der Waals surface area (Å²) in [4.78, 5) is 81.3. The van der Waals surface area contributed by atoms with Crippen LogP contribution >= 0.6 is 11.3 Å². The summed E-state index contributed by atoms with van der Waals surface area (Å²) in [6.07, 6.45) is -3.33. The number of thiazole rings is 1. The standard InChI is InChI=1S/C18H17N5O12S2/c19-17-20-6(3-36-17)10(22-35-7(15(29)30)2-8(24)25)12(27)21-11-13(28)23-14(11)37(33)4-5-1-9(26)34-18(5,23)16(31)32/h3,5,7,11,14H,1-2,4H2,(H2,19,20)(H,21,27)(H,24,25)(H,29,30)(H,31,32)/b22-10-/t5-,7+,11+,14+,18+,37-/m0/s1. The van der Waals surface area contributed by atoms with E-state index >= 15 is 0 Å². The fourth-order valence-corrected chi connectivity index (χ4v) is 6.62. The fourth-order valence-electron chi connectivity index (χ4n) is 4.15. The van der Waals surface area contributed by atoms with Crippen molar-refractivity contribution < 1.29 is 57.9 Å². The monoisotopic (exact) mass is 559 g/mol. The van der Waals surface area contributed by atoms with Crippen LogP contribution in [0.1, 0.15) is 18.5 Å². The summed E-state index contributed by atoms with van der Waals surface area (Å²) in [5.74, 6) is -9.24. The summed E-state index contributed by atoms with van der Waals surface area (Å²) in [5, 5.41) is 33.3. The zero-order valence-corrected chi connectivity index (χ0v) is 19.9. The van der Waals surface area contributed by atoms with E-state index in [1.165, 1.54) is 5.38 Å². The number of carboxylic acid groups (broad SMARTS) is 3. The lowest BCUT2D eigenvalue weighted by Gasteiger charge is -2.56. The Hall–Kier alpha value is -4.13. The molecular weight excluding hydrogens is 542 g/mol. The van der Waals surface area contributed by atoms with Gasteiger partial charge in [0.25, 0.3) is 17.5 Å². The number of aromatic nitrogens is 1. The number of carboxylic acids is 3. The molecule has 4 rings (SSSR count). The number of carbonyl (C=O) groups excluding carboxylic acids is 3. The SMILES string of the molecule is Nc1nc(/C(=N/O[C@H](CC(=O)O)C(=O)O)C(=O)N[C@@H]2C(=O)N3[C@@H]2[S@@](=O)C[C@@H]2CC(=O)O[C@@]23C(=O)O)cs1. The van der Waals surface area contributed by atoms with Gasteiger partial charge in [-0.3, -0.25) is 28.3 Å². The number of hydrogen-bond acceptors (Lipinski definition) is 13. The molecule has 0 bridgehead atoms. The van der Waals surface area contributed by atoms with Gasteiger partial charge in [-0.1, -0.05) is 5.16 Å². The summed E-state index contributed by atoms with van der Waals surface area (Å²) < 4.78 is 17.9. The molecule has 0 aliphatic carbocycles. The number of β-lactam (4-membered cyclic amide) rings is 1. The van der Waals surface area contributed by atoms with Crippen molar-refractivity contribution in [3.63, 3.8) is 0 Å². The van der Waals surface area contributed by atoms with Crippen molar-refractivity contribution in [2.75, 3.05) is 11.5 Å². The van der Waals surface area contributed by atoms with Crippen molar-refractivity contribution in [1.82, 2.24) is 15.2 Å². The van der Waals surface area contributed by atoms with Gasteiger partial charge in [0.2, 0.25) is 6.10 Å². The Morgan fingerprint density at radius 2 is 2.05 bits per heavy atom. The van der Waals surface area contributed by atoms with Crippen LogP contribution < -0.4 is 11.1 Å². The van der Waals surface area contributed by atoms with E-state index in [1.54, 1.807) is 0 Å². The van der Waals surface area contributed by atoms with E-state index in [2.05, 4.69) is 15.5 Å². The second-order valence-electron chi connectivity index (χ2n) is 8.02. The summed E-state index contributed by atoms with van der Waals surface area (Å²) in [7, 11) is -1.89. The number of nitrogens with two attached hydrogens (primary N) is 1. The Labute approximate surface area is 211 Å². The minimum Gasteiger partial charge on any atom is -0.481 e. The van der Waals surface area contributed by atoms with Gasteiger partial charge in [0.15, 0.2) is 10.8 Å². The maximum absolute atomic E-state index is 13.0. The molecule has 198 valence electrons. The number of nitrogens with one attached hydrogen (secondary N) is 1. The number of esters is 1. The smallest absolute Gasteiger partial charge is 0.370 e. The number of rotatable bonds is 9. The number of ether oxygens (including phenoxy) is 1. The molecule has 3 saturated heterocycles. The van der Waals surface area contributed by atoms with Crippen LogP contribution in [0.15, 0.2) is 10.5 Å². The molecular formula is C18H17N5O12S2. The quantitative estimate of drug-likeness (QED) is 0.0881. The molecule has 6 N–H and O–H groups in total. The van der Waals surface area contributed by atoms with E-state index in [1.807, 2.05) is 0 Å². The second-order valence-corrected chi connectivity index (χ2v) is 10.5. The first-order valence-electron chi connectivity index (χ1n) is 10.2. The maximum Gasteiger partial charge on any atom is 0.370 e. The summed E-state index contributed by atoms with van der Waals surface area (Å²) >= 11 is 0.875. The number of amides is 2. The molecule has 2 amide bonds. The zero-order chi connectivity index (χ0) is 27.2. The van der Waals surface area contributed by atoms with Crippen molar-refractivity contribution in [3.8, 4) is 0 Å². The minimum absolute atomic E-state index is 0.0207. The van der Waals surface area contributed by atoms with Gasteiger partial charge in [0.1, 0.15) is 17.1 Å². The third-order valence-electron chi connectivity index (χ3n) is 5.75. The maximum atomic E-state index is 13.0. The van der Waals surface area contributed by atoms with Gasteiger partial charge in [-0.05, 0) is 0 Å². The third-order valence-corrected chi connectivity index (χ3v) is 8.18. The highest BCUT2D eigenvalue weighted by Crippen LogP contribution is 2.47. The van der Waals surface area contributed by atoms with Gasteiger partial charge in [-0.15, -0.1) is 11.3 Å². The second kappa shape index (κ2) is 9.39. The Balaban J connectivity index is 1.60. The van der Waals surface area contributed by atoms with Crippen molar-refractivity contribution in [1.29, 1.82) is 0 Å². The molecule has 0 unspecified atom stereocenters. The van der Waals surface area contributed by atoms with Crippen molar-refractivity contribution in [2.24, 2.45) is 11.1 Å². The average Bonchev–Trinajstić information content (AvgIpc) is 3.37. The topological polar surface area (TPSA) is 265 Å². The number of nitrogens with zero attached hydrogens (tertiary/aromatic N) is 3. The van der Waals surface area contributed by atoms with Crippen LogP contribution in [0.25, 0.3) is 0 Å². The predicted octanol–water partition coefficient (Wildman–Crippen LogP) is -2.87. The normalized spacial score (nSPS) is 29.3. The van der Waals surface area contributed by atoms with Gasteiger partial charge >= 0.3 is 23.9 Å². The fraction of sp³-hybridized carbons (Fsp3) is 0.444. The van der Waals surface area contributed by atoms with Crippen molar-refractivity contribution in [3.05, 3.63) is 11.1 Å². The van der Waals surface area contributed by atoms with Crippen molar-refractivity contribution in [2.45, 2.75) is 36.1 Å². The molecule has 17 nitrogen and oxygen atoms in total. The Morgan fingerprint density at radius 1 is 1.35 bits per heavy atom.